The van der Waals surface area contributed by atoms with Gasteiger partial charge in [0.1, 0.15) is 16.2 Å². The molecule has 2 aliphatic heterocycles. The van der Waals surface area contributed by atoms with E-state index in [0.717, 1.165) is 16.9 Å². The standard InChI is InChI=1S/C21H23NO5S/c1-2-26-16-6-4-3-5-15(16)19(23)22-10-8-21(9-11-22)18-14(7-12-27-21)13-17(28-18)20(24)25/h3-6,13H,2,7-12H2,1H3,(H,24,25). The second-order valence-corrected chi connectivity index (χ2v) is 8.14. The first-order valence-electron chi connectivity index (χ1n) is 9.55. The summed E-state index contributed by atoms with van der Waals surface area (Å²) in [5.74, 6) is -0.321. The largest absolute Gasteiger partial charge is 0.493 e. The van der Waals surface area contributed by atoms with E-state index >= 15 is 0 Å². The van der Waals surface area contributed by atoms with Crippen LogP contribution in [0.2, 0.25) is 0 Å². The average molecular weight is 401 g/mol. The molecule has 2 aliphatic rings. The van der Waals surface area contributed by atoms with E-state index in [0.29, 0.717) is 55.3 Å². The molecule has 3 heterocycles. The molecule has 7 heteroatoms. The first-order valence-corrected chi connectivity index (χ1v) is 10.4. The molecule has 6 nitrogen and oxygen atoms in total. The van der Waals surface area contributed by atoms with Crippen molar-refractivity contribution < 1.29 is 24.2 Å². The van der Waals surface area contributed by atoms with E-state index in [1.54, 1.807) is 12.1 Å². The number of thiophene rings is 1. The zero-order valence-electron chi connectivity index (χ0n) is 15.8. The van der Waals surface area contributed by atoms with Crippen LogP contribution in [0.25, 0.3) is 0 Å². The summed E-state index contributed by atoms with van der Waals surface area (Å²) < 4.78 is 11.8. The van der Waals surface area contributed by atoms with E-state index in [2.05, 4.69) is 0 Å². The van der Waals surface area contributed by atoms with E-state index in [-0.39, 0.29) is 5.91 Å². The Balaban J connectivity index is 1.53. The third kappa shape index (κ3) is 3.29. The Morgan fingerprint density at radius 3 is 2.75 bits per heavy atom. The van der Waals surface area contributed by atoms with Gasteiger partial charge in [-0.2, -0.15) is 0 Å². The van der Waals surface area contributed by atoms with Gasteiger partial charge in [0.25, 0.3) is 5.91 Å². The lowest BCUT2D eigenvalue weighted by Gasteiger charge is -2.43. The molecule has 0 radical (unpaired) electrons. The number of piperidine rings is 1. The molecular weight excluding hydrogens is 378 g/mol. The summed E-state index contributed by atoms with van der Waals surface area (Å²) in [6, 6.07) is 9.10. The highest BCUT2D eigenvalue weighted by atomic mass is 32.1. The van der Waals surface area contributed by atoms with Gasteiger partial charge in [-0.15, -0.1) is 11.3 Å². The monoisotopic (exact) mass is 401 g/mol. The van der Waals surface area contributed by atoms with Crippen LogP contribution >= 0.6 is 11.3 Å². The molecule has 2 aromatic rings. The molecule has 28 heavy (non-hydrogen) atoms. The van der Waals surface area contributed by atoms with Crippen molar-refractivity contribution in [1.29, 1.82) is 0 Å². The maximum atomic E-state index is 13.0. The van der Waals surface area contributed by atoms with Crippen molar-refractivity contribution >= 4 is 23.2 Å². The number of benzene rings is 1. The number of amides is 1. The van der Waals surface area contributed by atoms with E-state index < -0.39 is 11.6 Å². The highest BCUT2D eigenvalue weighted by Crippen LogP contribution is 2.45. The molecule has 1 saturated heterocycles. The van der Waals surface area contributed by atoms with Crippen LogP contribution in [0.4, 0.5) is 0 Å². The normalized spacial score (nSPS) is 18.0. The van der Waals surface area contributed by atoms with Gasteiger partial charge in [-0.25, -0.2) is 4.79 Å². The Kier molecular flexibility index (Phi) is 5.12. The van der Waals surface area contributed by atoms with Gasteiger partial charge in [0.2, 0.25) is 0 Å². The molecule has 0 atom stereocenters. The zero-order valence-corrected chi connectivity index (χ0v) is 16.6. The van der Waals surface area contributed by atoms with Crippen LogP contribution < -0.4 is 4.74 Å². The number of rotatable bonds is 4. The summed E-state index contributed by atoms with van der Waals surface area (Å²) in [4.78, 5) is 27.6. The lowest BCUT2D eigenvalue weighted by molar-refractivity contribution is -0.0906. The molecule has 0 aliphatic carbocycles. The van der Waals surface area contributed by atoms with Crippen molar-refractivity contribution in [2.24, 2.45) is 0 Å². The molecule has 1 N–H and O–H groups in total. The highest BCUT2D eigenvalue weighted by molar-refractivity contribution is 7.14. The lowest BCUT2D eigenvalue weighted by atomic mass is 9.85. The third-order valence-corrected chi connectivity index (χ3v) is 6.81. The maximum absolute atomic E-state index is 13.0. The number of ether oxygens (including phenoxy) is 2. The highest BCUT2D eigenvalue weighted by Gasteiger charge is 2.43. The number of hydrogen-bond donors (Lipinski definition) is 1. The van der Waals surface area contributed by atoms with Crippen molar-refractivity contribution in [3.8, 4) is 5.75 Å². The molecule has 4 rings (SSSR count). The van der Waals surface area contributed by atoms with Gasteiger partial charge in [0, 0.05) is 18.0 Å². The van der Waals surface area contributed by atoms with Gasteiger partial charge in [0.05, 0.1) is 18.8 Å². The van der Waals surface area contributed by atoms with Gasteiger partial charge in [-0.05, 0) is 49.9 Å². The van der Waals surface area contributed by atoms with Gasteiger partial charge < -0.3 is 19.5 Å². The van der Waals surface area contributed by atoms with Crippen molar-refractivity contribution in [2.45, 2.75) is 31.8 Å². The Bertz CT molecular complexity index is 898. The minimum atomic E-state index is -0.894. The number of carbonyl (C=O) groups excluding carboxylic acids is 1. The van der Waals surface area contributed by atoms with Gasteiger partial charge >= 0.3 is 5.97 Å². The van der Waals surface area contributed by atoms with Crippen molar-refractivity contribution in [3.05, 3.63) is 51.2 Å². The molecule has 148 valence electrons. The molecular formula is C21H23NO5S. The predicted octanol–water partition coefficient (Wildman–Crippen LogP) is 3.55. The van der Waals surface area contributed by atoms with Gasteiger partial charge in [-0.3, -0.25) is 4.79 Å². The Morgan fingerprint density at radius 1 is 1.29 bits per heavy atom. The number of carboxylic acid groups (broad SMARTS) is 1. The van der Waals surface area contributed by atoms with E-state index in [4.69, 9.17) is 9.47 Å². The number of carbonyl (C=O) groups is 2. The molecule has 1 aromatic heterocycles. The number of fused-ring (bicyclic) bond motifs is 2. The van der Waals surface area contributed by atoms with Crippen LogP contribution in [0.1, 0.15) is 50.2 Å². The second-order valence-electron chi connectivity index (χ2n) is 7.08. The number of aromatic carboxylic acids is 1. The van der Waals surface area contributed by atoms with Crippen molar-refractivity contribution in [2.75, 3.05) is 26.3 Å². The van der Waals surface area contributed by atoms with Crippen molar-refractivity contribution in [1.82, 2.24) is 4.90 Å². The van der Waals surface area contributed by atoms with Gasteiger partial charge in [-0.1, -0.05) is 12.1 Å². The zero-order chi connectivity index (χ0) is 19.7. The van der Waals surface area contributed by atoms with Crippen LogP contribution in [0.3, 0.4) is 0 Å². The predicted molar refractivity (Wildman–Crippen MR) is 105 cm³/mol. The van der Waals surface area contributed by atoms with Crippen LogP contribution in [0, 0.1) is 0 Å². The molecule has 0 bridgehead atoms. The van der Waals surface area contributed by atoms with Gasteiger partial charge in [0.15, 0.2) is 0 Å². The Hall–Kier alpha value is -2.38. The summed E-state index contributed by atoms with van der Waals surface area (Å²) in [7, 11) is 0. The first-order chi connectivity index (χ1) is 13.5. The SMILES string of the molecule is CCOc1ccccc1C(=O)N1CCC2(CC1)OCCc1cc(C(=O)O)sc12. The summed E-state index contributed by atoms with van der Waals surface area (Å²) >= 11 is 1.32. The molecule has 0 saturated carbocycles. The van der Waals surface area contributed by atoms with Crippen LogP contribution in [0.15, 0.2) is 30.3 Å². The van der Waals surface area contributed by atoms with Crippen molar-refractivity contribution in [3.63, 3.8) is 0 Å². The minimum Gasteiger partial charge on any atom is -0.493 e. The molecule has 1 aromatic carbocycles. The van der Waals surface area contributed by atoms with Crippen LogP contribution in [-0.2, 0) is 16.8 Å². The van der Waals surface area contributed by atoms with E-state index in [1.165, 1.54) is 11.3 Å². The number of nitrogens with zero attached hydrogens (tertiary/aromatic N) is 1. The quantitative estimate of drug-likeness (QED) is 0.848. The number of para-hydroxylation sites is 1. The lowest BCUT2D eigenvalue weighted by Crippen LogP contribution is -2.47. The minimum absolute atomic E-state index is 0.0349. The molecule has 0 unspecified atom stereocenters. The Morgan fingerprint density at radius 2 is 2.04 bits per heavy atom. The first kappa shape index (κ1) is 19.0. The fraction of sp³-hybridized carbons (Fsp3) is 0.429. The number of carboxylic acids is 1. The topological polar surface area (TPSA) is 76.1 Å². The van der Waals surface area contributed by atoms with E-state index in [9.17, 15) is 14.7 Å². The number of hydrogen-bond acceptors (Lipinski definition) is 5. The number of likely N-dealkylation sites (tertiary alicyclic amines) is 1. The summed E-state index contributed by atoms with van der Waals surface area (Å²) in [5.41, 5.74) is 1.19. The third-order valence-electron chi connectivity index (χ3n) is 5.46. The summed E-state index contributed by atoms with van der Waals surface area (Å²) in [5, 5.41) is 9.34. The molecule has 1 fully saturated rings. The fourth-order valence-corrected chi connectivity index (χ4v) is 5.31. The molecule has 1 spiro atoms. The fourth-order valence-electron chi connectivity index (χ4n) is 4.06. The summed E-state index contributed by atoms with van der Waals surface area (Å²) in [6.07, 6.45) is 2.08. The van der Waals surface area contributed by atoms with Crippen LogP contribution in [0.5, 0.6) is 5.75 Å². The average Bonchev–Trinajstić information content (AvgIpc) is 3.15. The molecule has 1 amide bonds. The van der Waals surface area contributed by atoms with E-state index in [1.807, 2.05) is 30.0 Å². The van der Waals surface area contributed by atoms with Crippen LogP contribution in [-0.4, -0.2) is 48.2 Å². The smallest absolute Gasteiger partial charge is 0.345 e. The summed E-state index contributed by atoms with van der Waals surface area (Å²) in [6.45, 7) is 4.13. The maximum Gasteiger partial charge on any atom is 0.345 e. The Labute approximate surface area is 167 Å². The second kappa shape index (κ2) is 7.56.